The number of nitrogens with zero attached hydrogens (tertiary/aromatic N) is 3. The Morgan fingerprint density at radius 1 is 0.460 bits per heavy atom. The molecule has 0 unspecified atom stereocenters. The van der Waals surface area contributed by atoms with E-state index >= 15 is 0 Å². The molecule has 2 aliphatic rings. The van der Waals surface area contributed by atoms with Crippen molar-refractivity contribution in [3.8, 4) is 28.2 Å². The van der Waals surface area contributed by atoms with E-state index in [0.717, 1.165) is 22.5 Å². The van der Waals surface area contributed by atoms with Crippen LogP contribution in [-0.4, -0.2) is 14.5 Å². The summed E-state index contributed by atoms with van der Waals surface area (Å²) in [7, 11) is 0. The fourth-order valence-electron chi connectivity index (χ4n) is 9.05. The monoisotopic (exact) mass is 643 g/mol. The standard InChI is InChI=1S/C47H37N3/c1-46(2)36-19-11-17-34-35-18-12-20-37-44(35)50(43(34)36)45-38(46)27-33(28-39(45)47(37,3)4)42(31-15-9-13-29(25-31)40-21-5-7-23-48-40)32-16-10-14-30(26-32)41-22-6-8-24-49-41/h5-28,42H,1-4H3. The molecule has 50 heavy (non-hydrogen) atoms. The van der Waals surface area contributed by atoms with Gasteiger partial charge < -0.3 is 4.57 Å². The zero-order valence-corrected chi connectivity index (χ0v) is 28.8. The first-order chi connectivity index (χ1) is 24.3. The molecule has 10 rings (SSSR count). The first kappa shape index (κ1) is 29.1. The molecule has 0 spiro atoms. The Bertz CT molecular complexity index is 2470. The fourth-order valence-corrected chi connectivity index (χ4v) is 9.05. The molecule has 0 amide bonds. The number of fused-ring (bicyclic) bond motifs is 1. The molecule has 0 bridgehead atoms. The van der Waals surface area contributed by atoms with Gasteiger partial charge in [-0.3, -0.25) is 9.97 Å². The molecule has 0 radical (unpaired) electrons. The van der Waals surface area contributed by atoms with E-state index in [9.17, 15) is 0 Å². The average Bonchev–Trinajstić information content (AvgIpc) is 3.49. The smallest absolute Gasteiger partial charge is 0.0702 e. The van der Waals surface area contributed by atoms with Gasteiger partial charge >= 0.3 is 0 Å². The summed E-state index contributed by atoms with van der Waals surface area (Å²) in [5, 5.41) is 2.70. The minimum absolute atomic E-state index is 0.0190. The van der Waals surface area contributed by atoms with Crippen LogP contribution in [0, 0.1) is 0 Å². The molecule has 5 aromatic carbocycles. The Hall–Kier alpha value is -5.80. The molecule has 0 atom stereocenters. The second kappa shape index (κ2) is 10.4. The lowest BCUT2D eigenvalue weighted by molar-refractivity contribution is 0.591. The van der Waals surface area contributed by atoms with Gasteiger partial charge in [0, 0.05) is 51.0 Å². The van der Waals surface area contributed by atoms with Gasteiger partial charge in [0.25, 0.3) is 0 Å². The summed E-state index contributed by atoms with van der Waals surface area (Å²) in [4.78, 5) is 9.44. The Morgan fingerprint density at radius 3 is 1.40 bits per heavy atom. The van der Waals surface area contributed by atoms with Crippen molar-refractivity contribution >= 4 is 21.8 Å². The summed E-state index contributed by atoms with van der Waals surface area (Å²) in [5.41, 5.74) is 17.2. The summed E-state index contributed by atoms with van der Waals surface area (Å²) in [6, 6.07) is 49.1. The van der Waals surface area contributed by atoms with Crippen LogP contribution in [0.3, 0.4) is 0 Å². The molecule has 240 valence electrons. The Balaban J connectivity index is 1.28. The van der Waals surface area contributed by atoms with Crippen LogP contribution in [0.25, 0.3) is 50.0 Å². The van der Waals surface area contributed by atoms with Crippen LogP contribution in [0.15, 0.2) is 146 Å². The van der Waals surface area contributed by atoms with Crippen molar-refractivity contribution in [3.05, 3.63) is 185 Å². The van der Waals surface area contributed by atoms with Crippen molar-refractivity contribution < 1.29 is 0 Å². The van der Waals surface area contributed by atoms with Gasteiger partial charge in [0.2, 0.25) is 0 Å². The van der Waals surface area contributed by atoms with E-state index in [2.05, 4.69) is 154 Å². The van der Waals surface area contributed by atoms with Crippen LogP contribution in [0.4, 0.5) is 0 Å². The first-order valence-corrected chi connectivity index (χ1v) is 17.6. The van der Waals surface area contributed by atoms with E-state index < -0.39 is 0 Å². The molecule has 5 heterocycles. The maximum absolute atomic E-state index is 4.72. The second-order valence-electron chi connectivity index (χ2n) is 15.1. The molecule has 3 nitrogen and oxygen atoms in total. The zero-order chi connectivity index (χ0) is 33.8. The second-order valence-corrected chi connectivity index (χ2v) is 15.1. The van der Waals surface area contributed by atoms with Crippen LogP contribution in [0.1, 0.15) is 72.6 Å². The Kier molecular flexibility index (Phi) is 6.04. The first-order valence-electron chi connectivity index (χ1n) is 17.6. The van der Waals surface area contributed by atoms with E-state index in [1.807, 2.05) is 24.5 Å². The molecule has 0 N–H and O–H groups in total. The molecule has 8 aromatic rings. The highest BCUT2D eigenvalue weighted by Gasteiger charge is 2.44. The number of hydrogen-bond acceptors (Lipinski definition) is 2. The number of para-hydroxylation sites is 2. The number of benzene rings is 5. The van der Waals surface area contributed by atoms with Crippen molar-refractivity contribution in [2.75, 3.05) is 0 Å². The van der Waals surface area contributed by atoms with Crippen LogP contribution in [-0.2, 0) is 10.8 Å². The molecule has 3 heteroatoms. The van der Waals surface area contributed by atoms with E-state index in [0.29, 0.717) is 0 Å². The minimum Gasteiger partial charge on any atom is -0.308 e. The van der Waals surface area contributed by atoms with Gasteiger partial charge in [-0.15, -0.1) is 0 Å². The fraction of sp³-hybridized carbons (Fsp3) is 0.149. The van der Waals surface area contributed by atoms with Gasteiger partial charge in [-0.05, 0) is 75.3 Å². The quantitative estimate of drug-likeness (QED) is 0.175. The SMILES string of the molecule is CC1(C)c2cc(C(c3cccc(-c4ccccn4)c3)c3cccc(-c4ccccn4)c3)cc3c2-n2c4c1cccc4c1cccc(c12)C3(C)C. The normalized spacial score (nSPS) is 14.9. The van der Waals surface area contributed by atoms with E-state index in [1.54, 1.807) is 0 Å². The third-order valence-electron chi connectivity index (χ3n) is 11.6. The van der Waals surface area contributed by atoms with E-state index in [1.165, 1.54) is 66.4 Å². The van der Waals surface area contributed by atoms with Crippen LogP contribution < -0.4 is 0 Å². The molecular weight excluding hydrogens is 607 g/mol. The van der Waals surface area contributed by atoms with Gasteiger partial charge in [0.15, 0.2) is 0 Å². The Morgan fingerprint density at radius 2 is 0.940 bits per heavy atom. The number of hydrogen-bond donors (Lipinski definition) is 0. The van der Waals surface area contributed by atoms with Crippen molar-refractivity contribution in [2.24, 2.45) is 0 Å². The highest BCUT2D eigenvalue weighted by Crippen LogP contribution is 2.56. The average molecular weight is 644 g/mol. The van der Waals surface area contributed by atoms with Gasteiger partial charge in [-0.1, -0.05) is 125 Å². The molecule has 2 aliphatic heterocycles. The maximum Gasteiger partial charge on any atom is 0.0702 e. The van der Waals surface area contributed by atoms with Crippen molar-refractivity contribution in [3.63, 3.8) is 0 Å². The van der Waals surface area contributed by atoms with Crippen LogP contribution >= 0.6 is 0 Å². The maximum atomic E-state index is 4.72. The van der Waals surface area contributed by atoms with Gasteiger partial charge in [0.1, 0.15) is 0 Å². The molecule has 0 fully saturated rings. The molecule has 0 saturated heterocycles. The molecule has 0 aliphatic carbocycles. The van der Waals surface area contributed by atoms with E-state index in [4.69, 9.17) is 9.97 Å². The predicted octanol–water partition coefficient (Wildman–Crippen LogP) is 11.4. The van der Waals surface area contributed by atoms with Gasteiger partial charge in [-0.2, -0.15) is 0 Å². The van der Waals surface area contributed by atoms with Crippen molar-refractivity contribution in [2.45, 2.75) is 44.4 Å². The van der Waals surface area contributed by atoms with Gasteiger partial charge in [0.05, 0.1) is 28.1 Å². The van der Waals surface area contributed by atoms with Crippen molar-refractivity contribution in [1.82, 2.24) is 14.5 Å². The lowest BCUT2D eigenvalue weighted by Crippen LogP contribution is -2.34. The number of rotatable bonds is 5. The highest BCUT2D eigenvalue weighted by molar-refractivity contribution is 6.13. The summed E-state index contributed by atoms with van der Waals surface area (Å²) in [5.74, 6) is -0.0190. The molecule has 3 aromatic heterocycles. The highest BCUT2D eigenvalue weighted by atomic mass is 15.0. The van der Waals surface area contributed by atoms with Crippen LogP contribution in [0.5, 0.6) is 0 Å². The largest absolute Gasteiger partial charge is 0.308 e. The van der Waals surface area contributed by atoms with Crippen LogP contribution in [0.2, 0.25) is 0 Å². The zero-order valence-electron chi connectivity index (χ0n) is 28.8. The van der Waals surface area contributed by atoms with E-state index in [-0.39, 0.29) is 16.7 Å². The summed E-state index contributed by atoms with van der Waals surface area (Å²) < 4.78 is 2.61. The topological polar surface area (TPSA) is 30.7 Å². The predicted molar refractivity (Wildman–Crippen MR) is 205 cm³/mol. The summed E-state index contributed by atoms with van der Waals surface area (Å²) in [6.45, 7) is 9.68. The third kappa shape index (κ3) is 3.98. The van der Waals surface area contributed by atoms with Gasteiger partial charge in [-0.25, -0.2) is 0 Å². The summed E-state index contributed by atoms with van der Waals surface area (Å²) >= 11 is 0. The minimum atomic E-state index is -0.201. The lowest BCUT2D eigenvalue weighted by atomic mass is 9.67. The summed E-state index contributed by atoms with van der Waals surface area (Å²) in [6.07, 6.45) is 3.75. The molecule has 0 saturated carbocycles. The lowest BCUT2D eigenvalue weighted by Gasteiger charge is -2.43. The van der Waals surface area contributed by atoms with Crippen molar-refractivity contribution in [1.29, 1.82) is 0 Å². The molecular formula is C47H37N3. The number of aromatic nitrogens is 3. The number of pyridine rings is 2. The third-order valence-corrected chi connectivity index (χ3v) is 11.6. The Labute approximate surface area is 292 Å².